The molecule has 0 spiro atoms. The Kier molecular flexibility index (Phi) is 3.31. The van der Waals surface area contributed by atoms with Crippen molar-refractivity contribution < 1.29 is 0 Å². The van der Waals surface area contributed by atoms with Crippen LogP contribution < -0.4 is 5.32 Å². The largest absolute Gasteiger partial charge is 0.366 e. The molecular weight excluding hydrogens is 212 g/mol. The third-order valence-electron chi connectivity index (χ3n) is 2.28. The van der Waals surface area contributed by atoms with Gasteiger partial charge in [0.15, 0.2) is 0 Å². The normalized spacial score (nSPS) is 9.65. The van der Waals surface area contributed by atoms with Gasteiger partial charge < -0.3 is 5.32 Å². The number of aromatic nitrogens is 2. The second kappa shape index (κ2) is 5.08. The van der Waals surface area contributed by atoms with Crippen molar-refractivity contribution in [3.8, 4) is 6.07 Å². The second-order valence-electron chi connectivity index (χ2n) is 3.71. The maximum atomic E-state index is 8.86. The molecule has 2 heterocycles. The molecule has 0 aliphatic rings. The van der Waals surface area contributed by atoms with Gasteiger partial charge in [-0.2, -0.15) is 5.26 Å². The molecule has 2 rings (SSSR count). The van der Waals surface area contributed by atoms with Crippen molar-refractivity contribution in [3.63, 3.8) is 0 Å². The van der Waals surface area contributed by atoms with Crippen LogP contribution in [-0.4, -0.2) is 9.97 Å². The summed E-state index contributed by atoms with van der Waals surface area (Å²) in [6.07, 6.45) is 3.54. The molecule has 0 fully saturated rings. The lowest BCUT2D eigenvalue weighted by Crippen LogP contribution is -2.02. The van der Waals surface area contributed by atoms with Crippen LogP contribution in [0.2, 0.25) is 0 Å². The molecule has 17 heavy (non-hydrogen) atoms. The van der Waals surface area contributed by atoms with E-state index in [4.69, 9.17) is 5.26 Å². The predicted octanol–water partition coefficient (Wildman–Crippen LogP) is 2.27. The lowest BCUT2D eigenvalue weighted by atomic mass is 10.2. The summed E-state index contributed by atoms with van der Waals surface area (Å²) in [4.78, 5) is 8.35. The maximum Gasteiger partial charge on any atom is 0.127 e. The Morgan fingerprint density at radius 2 is 2.29 bits per heavy atom. The van der Waals surface area contributed by atoms with E-state index >= 15 is 0 Å². The molecule has 0 aromatic carbocycles. The topological polar surface area (TPSA) is 61.6 Å². The maximum absolute atomic E-state index is 8.86. The molecule has 0 saturated heterocycles. The van der Waals surface area contributed by atoms with Crippen LogP contribution >= 0.6 is 0 Å². The number of rotatable bonds is 3. The van der Waals surface area contributed by atoms with Crippen LogP contribution in [0.5, 0.6) is 0 Å². The SMILES string of the molecule is Cc1cc(C#N)cc(NCc2cccnc2)n1. The van der Waals surface area contributed by atoms with E-state index in [-0.39, 0.29) is 0 Å². The van der Waals surface area contributed by atoms with Crippen LogP contribution in [-0.2, 0) is 6.54 Å². The summed E-state index contributed by atoms with van der Waals surface area (Å²) in [5.41, 5.74) is 2.53. The highest BCUT2D eigenvalue weighted by Gasteiger charge is 1.99. The molecule has 0 bridgehead atoms. The molecule has 2 aromatic heterocycles. The van der Waals surface area contributed by atoms with Crippen LogP contribution in [0.25, 0.3) is 0 Å². The molecular formula is C13H12N4. The fourth-order valence-electron chi connectivity index (χ4n) is 1.52. The molecule has 2 aromatic rings. The van der Waals surface area contributed by atoms with E-state index in [1.54, 1.807) is 24.5 Å². The number of nitrogens with zero attached hydrogens (tertiary/aromatic N) is 3. The summed E-state index contributed by atoms with van der Waals surface area (Å²) in [7, 11) is 0. The Balaban J connectivity index is 2.10. The summed E-state index contributed by atoms with van der Waals surface area (Å²) in [6.45, 7) is 2.52. The average molecular weight is 224 g/mol. The van der Waals surface area contributed by atoms with Crippen molar-refractivity contribution in [2.24, 2.45) is 0 Å². The van der Waals surface area contributed by atoms with Gasteiger partial charge in [-0.15, -0.1) is 0 Å². The smallest absolute Gasteiger partial charge is 0.127 e. The third kappa shape index (κ3) is 3.02. The first-order valence-electron chi connectivity index (χ1n) is 5.29. The van der Waals surface area contributed by atoms with Crippen molar-refractivity contribution >= 4 is 5.82 Å². The standard InChI is InChI=1S/C13H12N4/c1-10-5-12(7-14)6-13(17-10)16-9-11-3-2-4-15-8-11/h2-6,8H,9H2,1H3,(H,16,17). The van der Waals surface area contributed by atoms with E-state index in [0.717, 1.165) is 11.3 Å². The fraction of sp³-hybridized carbons (Fsp3) is 0.154. The zero-order valence-corrected chi connectivity index (χ0v) is 9.51. The van der Waals surface area contributed by atoms with E-state index in [1.807, 2.05) is 19.1 Å². The van der Waals surface area contributed by atoms with Crippen molar-refractivity contribution in [1.82, 2.24) is 9.97 Å². The van der Waals surface area contributed by atoms with Gasteiger partial charge >= 0.3 is 0 Å². The monoisotopic (exact) mass is 224 g/mol. The van der Waals surface area contributed by atoms with Crippen LogP contribution in [0.1, 0.15) is 16.8 Å². The number of nitriles is 1. The highest BCUT2D eigenvalue weighted by Crippen LogP contribution is 2.10. The highest BCUT2D eigenvalue weighted by molar-refractivity contribution is 5.44. The van der Waals surface area contributed by atoms with Gasteiger partial charge in [-0.1, -0.05) is 6.07 Å². The second-order valence-corrected chi connectivity index (χ2v) is 3.71. The molecule has 0 aliphatic carbocycles. The summed E-state index contributed by atoms with van der Waals surface area (Å²) in [6, 6.07) is 9.49. The summed E-state index contributed by atoms with van der Waals surface area (Å²) >= 11 is 0. The minimum absolute atomic E-state index is 0.617. The lowest BCUT2D eigenvalue weighted by molar-refractivity contribution is 1.07. The van der Waals surface area contributed by atoms with Gasteiger partial charge in [0.05, 0.1) is 11.6 Å². The molecule has 4 nitrogen and oxygen atoms in total. The van der Waals surface area contributed by atoms with Gasteiger partial charge in [-0.3, -0.25) is 4.98 Å². The highest BCUT2D eigenvalue weighted by atomic mass is 15.0. The number of pyridine rings is 2. The van der Waals surface area contributed by atoms with Gasteiger partial charge in [0, 0.05) is 24.6 Å². The molecule has 0 atom stereocenters. The van der Waals surface area contributed by atoms with Crippen LogP contribution in [0.3, 0.4) is 0 Å². The van der Waals surface area contributed by atoms with Crippen molar-refractivity contribution in [3.05, 3.63) is 53.5 Å². The Morgan fingerprint density at radius 1 is 1.41 bits per heavy atom. The van der Waals surface area contributed by atoms with Crippen molar-refractivity contribution in [2.45, 2.75) is 13.5 Å². The van der Waals surface area contributed by atoms with Gasteiger partial charge in [-0.25, -0.2) is 4.98 Å². The molecule has 0 radical (unpaired) electrons. The minimum atomic E-state index is 0.617. The first-order valence-corrected chi connectivity index (χ1v) is 5.29. The lowest BCUT2D eigenvalue weighted by Gasteiger charge is -2.06. The summed E-state index contributed by atoms with van der Waals surface area (Å²) in [5.74, 6) is 0.713. The van der Waals surface area contributed by atoms with E-state index < -0.39 is 0 Å². The molecule has 0 aliphatic heterocycles. The van der Waals surface area contributed by atoms with Gasteiger partial charge in [0.2, 0.25) is 0 Å². The molecule has 4 heteroatoms. The van der Waals surface area contributed by atoms with E-state index in [2.05, 4.69) is 21.4 Å². The number of hydrogen-bond donors (Lipinski definition) is 1. The Morgan fingerprint density at radius 3 is 3.00 bits per heavy atom. The third-order valence-corrected chi connectivity index (χ3v) is 2.28. The van der Waals surface area contributed by atoms with Gasteiger partial charge in [-0.05, 0) is 30.7 Å². The zero-order valence-electron chi connectivity index (χ0n) is 9.51. The predicted molar refractivity (Wildman–Crippen MR) is 65.3 cm³/mol. The Hall–Kier alpha value is -2.41. The summed E-state index contributed by atoms with van der Waals surface area (Å²) < 4.78 is 0. The van der Waals surface area contributed by atoms with Crippen LogP contribution in [0.15, 0.2) is 36.7 Å². The number of aryl methyl sites for hydroxylation is 1. The quantitative estimate of drug-likeness (QED) is 0.868. The van der Waals surface area contributed by atoms with E-state index in [9.17, 15) is 0 Å². The van der Waals surface area contributed by atoms with Crippen molar-refractivity contribution in [2.75, 3.05) is 5.32 Å². The zero-order chi connectivity index (χ0) is 12.1. The molecule has 84 valence electrons. The van der Waals surface area contributed by atoms with E-state index in [1.165, 1.54) is 0 Å². The van der Waals surface area contributed by atoms with Gasteiger partial charge in [0.1, 0.15) is 5.82 Å². The minimum Gasteiger partial charge on any atom is -0.366 e. The van der Waals surface area contributed by atoms with Crippen LogP contribution in [0, 0.1) is 18.3 Å². The number of anilines is 1. The first-order chi connectivity index (χ1) is 8.28. The first kappa shape index (κ1) is 11.1. The van der Waals surface area contributed by atoms with Crippen LogP contribution in [0.4, 0.5) is 5.82 Å². The van der Waals surface area contributed by atoms with Crippen molar-refractivity contribution in [1.29, 1.82) is 5.26 Å². The fourth-order valence-corrected chi connectivity index (χ4v) is 1.52. The van der Waals surface area contributed by atoms with E-state index in [0.29, 0.717) is 17.9 Å². The summed E-state index contributed by atoms with van der Waals surface area (Å²) in [5, 5.41) is 12.0. The molecule has 0 unspecified atom stereocenters. The Labute approximate surface area is 100.0 Å². The van der Waals surface area contributed by atoms with Gasteiger partial charge in [0.25, 0.3) is 0 Å². The molecule has 1 N–H and O–H groups in total. The number of nitrogens with one attached hydrogen (secondary N) is 1. The molecule has 0 saturated carbocycles. The number of hydrogen-bond acceptors (Lipinski definition) is 4. The Bertz CT molecular complexity index is 543. The average Bonchev–Trinajstić information content (AvgIpc) is 2.37. The molecule has 0 amide bonds.